The summed E-state index contributed by atoms with van der Waals surface area (Å²) in [5.41, 5.74) is 0.938. The predicted octanol–water partition coefficient (Wildman–Crippen LogP) is 4.53. The van der Waals surface area contributed by atoms with Gasteiger partial charge >= 0.3 is 11.9 Å². The van der Waals surface area contributed by atoms with Gasteiger partial charge in [0.25, 0.3) is 0 Å². The van der Waals surface area contributed by atoms with Crippen LogP contribution in [-0.4, -0.2) is 24.5 Å². The number of carbonyl (C=O) groups excluding carboxylic acids is 3. The number of carbonyl (C=O) groups is 3. The van der Waals surface area contributed by atoms with Gasteiger partial charge in [-0.05, 0) is 37.3 Å². The van der Waals surface area contributed by atoms with Gasteiger partial charge in [0, 0.05) is 28.3 Å². The maximum Gasteiger partial charge on any atom is 0.348 e. The molecule has 0 bridgehead atoms. The average molecular weight is 415 g/mol. The number of ether oxygens (including phenoxy) is 2. The second kappa shape index (κ2) is 8.83. The van der Waals surface area contributed by atoms with Gasteiger partial charge in [-0.2, -0.15) is 0 Å². The van der Waals surface area contributed by atoms with Crippen LogP contribution in [0.3, 0.4) is 0 Å². The fourth-order valence-electron chi connectivity index (χ4n) is 2.81. The van der Waals surface area contributed by atoms with Crippen LogP contribution in [0, 0.1) is 5.82 Å². The molecule has 0 spiro atoms. The quantitative estimate of drug-likeness (QED) is 0.598. The van der Waals surface area contributed by atoms with Crippen LogP contribution >= 0.6 is 11.3 Å². The molecule has 3 rings (SSSR count). The van der Waals surface area contributed by atoms with E-state index in [-0.39, 0.29) is 40.5 Å². The summed E-state index contributed by atoms with van der Waals surface area (Å²) in [6, 6.07) is 10.8. The number of thiophene rings is 1. The zero-order valence-corrected chi connectivity index (χ0v) is 16.6. The summed E-state index contributed by atoms with van der Waals surface area (Å²) in [7, 11) is 0. The van der Waals surface area contributed by atoms with Crippen molar-refractivity contribution < 1.29 is 28.2 Å². The van der Waals surface area contributed by atoms with Crippen molar-refractivity contribution in [1.82, 2.24) is 0 Å². The summed E-state index contributed by atoms with van der Waals surface area (Å²) in [6.07, 6.45) is 0. The van der Waals surface area contributed by atoms with Crippen molar-refractivity contribution in [1.29, 1.82) is 0 Å². The zero-order chi connectivity index (χ0) is 21.0. The number of amides is 1. The largest absolute Gasteiger partial charge is 0.462 e. The number of fused-ring (bicyclic) bond motifs is 1. The lowest BCUT2D eigenvalue weighted by atomic mass is 10.1. The van der Waals surface area contributed by atoms with Crippen LogP contribution in [0.25, 0.3) is 10.1 Å². The molecular weight excluding hydrogens is 397 g/mol. The Morgan fingerprint density at radius 2 is 1.83 bits per heavy atom. The summed E-state index contributed by atoms with van der Waals surface area (Å²) in [5, 5.41) is 2.82. The maximum atomic E-state index is 14.4. The fraction of sp³-hybridized carbons (Fsp3) is 0.190. The molecule has 0 radical (unpaired) electrons. The van der Waals surface area contributed by atoms with E-state index in [4.69, 9.17) is 9.47 Å². The van der Waals surface area contributed by atoms with Crippen LogP contribution in [0.15, 0.2) is 42.5 Å². The summed E-state index contributed by atoms with van der Waals surface area (Å²) >= 11 is 1.09. The van der Waals surface area contributed by atoms with E-state index in [9.17, 15) is 18.8 Å². The third-order valence-electron chi connectivity index (χ3n) is 3.99. The Morgan fingerprint density at radius 1 is 1.07 bits per heavy atom. The third kappa shape index (κ3) is 4.60. The highest BCUT2D eigenvalue weighted by Gasteiger charge is 2.23. The molecule has 6 nitrogen and oxygen atoms in total. The molecule has 0 aliphatic carbocycles. The maximum absolute atomic E-state index is 14.4. The number of rotatable bonds is 6. The lowest BCUT2D eigenvalue weighted by Crippen LogP contribution is -2.10. The standard InChI is InChI=1S/C21H18FNO5S/c1-3-27-21(26)19-15(18-16(22)8-5-9-17(18)29-19)11-28-20(25)13-6-4-7-14(10-13)23-12(2)24/h4-10H,3,11H2,1-2H3,(H,23,24). The molecule has 150 valence electrons. The predicted molar refractivity (Wildman–Crippen MR) is 108 cm³/mol. The van der Waals surface area contributed by atoms with E-state index in [0.717, 1.165) is 11.3 Å². The highest BCUT2D eigenvalue weighted by atomic mass is 32.1. The van der Waals surface area contributed by atoms with E-state index >= 15 is 0 Å². The molecule has 1 aromatic heterocycles. The molecule has 29 heavy (non-hydrogen) atoms. The molecular formula is C21H18FNO5S. The molecule has 0 fully saturated rings. The smallest absolute Gasteiger partial charge is 0.348 e. The molecule has 1 N–H and O–H groups in total. The summed E-state index contributed by atoms with van der Waals surface area (Å²) < 4.78 is 25.4. The van der Waals surface area contributed by atoms with Crippen LogP contribution in [-0.2, 0) is 20.9 Å². The first kappa shape index (κ1) is 20.5. The Hall–Kier alpha value is -3.26. The SMILES string of the molecule is CCOC(=O)c1sc2cccc(F)c2c1COC(=O)c1cccc(NC(C)=O)c1. The molecule has 0 saturated carbocycles. The van der Waals surface area contributed by atoms with Crippen molar-refractivity contribution in [2.45, 2.75) is 20.5 Å². The molecule has 0 saturated heterocycles. The van der Waals surface area contributed by atoms with Crippen molar-refractivity contribution in [3.8, 4) is 0 Å². The van der Waals surface area contributed by atoms with Crippen molar-refractivity contribution in [3.63, 3.8) is 0 Å². The number of nitrogens with one attached hydrogen (secondary N) is 1. The van der Waals surface area contributed by atoms with Crippen molar-refractivity contribution >= 4 is 45.0 Å². The monoisotopic (exact) mass is 415 g/mol. The number of hydrogen-bond donors (Lipinski definition) is 1. The summed E-state index contributed by atoms with van der Waals surface area (Å²) in [6.45, 7) is 2.91. The highest BCUT2D eigenvalue weighted by molar-refractivity contribution is 7.21. The van der Waals surface area contributed by atoms with E-state index < -0.39 is 17.8 Å². The van der Waals surface area contributed by atoms with Crippen LogP contribution in [0.1, 0.15) is 39.4 Å². The summed E-state index contributed by atoms with van der Waals surface area (Å²) in [4.78, 5) is 36.1. The van der Waals surface area contributed by atoms with E-state index in [2.05, 4.69) is 5.32 Å². The van der Waals surface area contributed by atoms with Crippen molar-refractivity contribution in [2.24, 2.45) is 0 Å². The average Bonchev–Trinajstić information content (AvgIpc) is 3.06. The fourth-order valence-corrected chi connectivity index (χ4v) is 3.93. The highest BCUT2D eigenvalue weighted by Crippen LogP contribution is 2.34. The molecule has 1 amide bonds. The second-order valence-corrected chi connectivity index (χ2v) is 7.13. The third-order valence-corrected chi connectivity index (χ3v) is 5.17. The molecule has 3 aromatic rings. The number of halogens is 1. The topological polar surface area (TPSA) is 81.7 Å². The molecule has 1 heterocycles. The minimum Gasteiger partial charge on any atom is -0.462 e. The molecule has 0 aliphatic heterocycles. The Labute approximate surface area is 170 Å². The minimum absolute atomic E-state index is 0.171. The number of anilines is 1. The molecule has 8 heteroatoms. The summed E-state index contributed by atoms with van der Waals surface area (Å²) in [5.74, 6) is -2.03. The Bertz CT molecular complexity index is 1090. The van der Waals surface area contributed by atoms with Crippen molar-refractivity contribution in [2.75, 3.05) is 11.9 Å². The van der Waals surface area contributed by atoms with Crippen LogP contribution in [0.5, 0.6) is 0 Å². The van der Waals surface area contributed by atoms with Crippen molar-refractivity contribution in [3.05, 3.63) is 64.3 Å². The Kier molecular flexibility index (Phi) is 6.23. The van der Waals surface area contributed by atoms with E-state index in [1.165, 1.54) is 25.1 Å². The van der Waals surface area contributed by atoms with Gasteiger partial charge in [-0.25, -0.2) is 14.0 Å². The van der Waals surface area contributed by atoms with Gasteiger partial charge in [-0.1, -0.05) is 12.1 Å². The molecule has 0 unspecified atom stereocenters. The lowest BCUT2D eigenvalue weighted by molar-refractivity contribution is -0.114. The first-order chi connectivity index (χ1) is 13.9. The van der Waals surface area contributed by atoms with Gasteiger partial charge < -0.3 is 14.8 Å². The van der Waals surface area contributed by atoms with Gasteiger partial charge in [-0.15, -0.1) is 11.3 Å². The van der Waals surface area contributed by atoms with Gasteiger partial charge in [-0.3, -0.25) is 4.79 Å². The number of esters is 2. The number of hydrogen-bond acceptors (Lipinski definition) is 6. The minimum atomic E-state index is -0.664. The first-order valence-electron chi connectivity index (χ1n) is 8.82. The number of benzene rings is 2. The van der Waals surface area contributed by atoms with E-state index in [1.807, 2.05) is 0 Å². The van der Waals surface area contributed by atoms with Crippen LogP contribution in [0.2, 0.25) is 0 Å². The van der Waals surface area contributed by atoms with Crippen LogP contribution in [0.4, 0.5) is 10.1 Å². The first-order valence-corrected chi connectivity index (χ1v) is 9.64. The Morgan fingerprint density at radius 3 is 2.55 bits per heavy atom. The molecule has 0 atom stereocenters. The normalized spacial score (nSPS) is 10.6. The van der Waals surface area contributed by atoms with Crippen LogP contribution < -0.4 is 5.32 Å². The molecule has 2 aromatic carbocycles. The second-order valence-electron chi connectivity index (χ2n) is 6.08. The van der Waals surface area contributed by atoms with E-state index in [0.29, 0.717) is 10.4 Å². The van der Waals surface area contributed by atoms with E-state index in [1.54, 1.807) is 31.2 Å². The molecule has 0 aliphatic rings. The van der Waals surface area contributed by atoms with Gasteiger partial charge in [0.2, 0.25) is 5.91 Å². The Balaban J connectivity index is 1.88. The lowest BCUT2D eigenvalue weighted by Gasteiger charge is -2.08. The van der Waals surface area contributed by atoms with Gasteiger partial charge in [0.05, 0.1) is 12.2 Å². The van der Waals surface area contributed by atoms with Gasteiger partial charge in [0.1, 0.15) is 17.3 Å². The zero-order valence-electron chi connectivity index (χ0n) is 15.8. The van der Waals surface area contributed by atoms with Gasteiger partial charge in [0.15, 0.2) is 0 Å².